The van der Waals surface area contributed by atoms with Gasteiger partial charge in [0.05, 0.1) is 34.2 Å². The molecule has 0 aromatic rings. The minimum absolute atomic E-state index is 0.00348. The second-order valence-electron chi connectivity index (χ2n) is 13.9. The Balaban J connectivity index is 4.61. The number of carbonyl (C=O) groups excluding carboxylic acids is 2. The van der Waals surface area contributed by atoms with E-state index in [-0.39, 0.29) is 26.1 Å². The molecule has 0 fully saturated rings. The lowest BCUT2D eigenvalue weighted by Crippen LogP contribution is -2.37. The molecule has 0 amide bonds. The average Bonchev–Trinajstić information content (AvgIpc) is 3.09. The maximum Gasteiger partial charge on any atom is 0.472 e. The molecule has 0 aliphatic rings. The zero-order chi connectivity index (χ0) is 38.6. The summed E-state index contributed by atoms with van der Waals surface area (Å²) in [5, 5.41) is 0. The molecule has 298 valence electrons. The lowest BCUT2D eigenvalue weighted by atomic mass is 10.1. The van der Waals surface area contributed by atoms with Gasteiger partial charge in [-0.3, -0.25) is 18.6 Å². The summed E-state index contributed by atoms with van der Waals surface area (Å²) in [6, 6.07) is 0. The third kappa shape index (κ3) is 37.2. The van der Waals surface area contributed by atoms with Crippen LogP contribution in [0.5, 0.6) is 0 Å². The van der Waals surface area contributed by atoms with Gasteiger partial charge in [0.15, 0.2) is 6.10 Å². The Bertz CT molecular complexity index is 1120. The van der Waals surface area contributed by atoms with Gasteiger partial charge in [-0.25, -0.2) is 4.57 Å². The van der Waals surface area contributed by atoms with E-state index in [1.165, 1.54) is 32.1 Å². The molecule has 0 aliphatic carbocycles. The first-order valence-electron chi connectivity index (χ1n) is 19.7. The predicted molar refractivity (Wildman–Crippen MR) is 215 cm³/mol. The summed E-state index contributed by atoms with van der Waals surface area (Å²) in [6.45, 7) is 4.13. The smallest absolute Gasteiger partial charge is 0.462 e. The number of unbranched alkanes of at least 4 members (excludes halogenated alkanes) is 9. The molecular formula is C42H73NO8P+. The van der Waals surface area contributed by atoms with Crippen molar-refractivity contribution in [1.29, 1.82) is 0 Å². The lowest BCUT2D eigenvalue weighted by molar-refractivity contribution is -0.870. The molecular weight excluding hydrogens is 677 g/mol. The summed E-state index contributed by atoms with van der Waals surface area (Å²) >= 11 is 0. The predicted octanol–water partition coefficient (Wildman–Crippen LogP) is 10.7. The summed E-state index contributed by atoms with van der Waals surface area (Å²) in [5.74, 6) is -0.965. The van der Waals surface area contributed by atoms with E-state index in [0.29, 0.717) is 23.9 Å². The van der Waals surface area contributed by atoms with Gasteiger partial charge in [0.1, 0.15) is 19.8 Å². The Morgan fingerprint density at radius 1 is 0.635 bits per heavy atom. The fraction of sp³-hybridized carbons (Fsp3) is 0.667. The van der Waals surface area contributed by atoms with Gasteiger partial charge in [0.25, 0.3) is 0 Å². The molecule has 0 aromatic carbocycles. The number of hydrogen-bond donors (Lipinski definition) is 1. The van der Waals surface area contributed by atoms with Crippen molar-refractivity contribution in [3.63, 3.8) is 0 Å². The van der Waals surface area contributed by atoms with Crippen LogP contribution in [0.2, 0.25) is 0 Å². The molecule has 0 rings (SSSR count). The molecule has 0 heterocycles. The zero-order valence-corrected chi connectivity index (χ0v) is 34.2. The molecule has 0 bridgehead atoms. The molecule has 0 saturated heterocycles. The average molecular weight is 751 g/mol. The monoisotopic (exact) mass is 751 g/mol. The normalized spacial score (nSPS) is 14.5. The summed E-state index contributed by atoms with van der Waals surface area (Å²) in [7, 11) is 1.40. The highest BCUT2D eigenvalue weighted by molar-refractivity contribution is 7.47. The first kappa shape index (κ1) is 49.5. The number of carbonyl (C=O) groups is 2. The molecule has 0 saturated carbocycles. The fourth-order valence-electron chi connectivity index (χ4n) is 4.67. The molecule has 0 spiro atoms. The highest BCUT2D eigenvalue weighted by atomic mass is 31.2. The van der Waals surface area contributed by atoms with Crippen molar-refractivity contribution in [2.45, 2.75) is 136 Å². The van der Waals surface area contributed by atoms with Crippen molar-refractivity contribution in [2.75, 3.05) is 47.5 Å². The van der Waals surface area contributed by atoms with Crippen LogP contribution in [-0.4, -0.2) is 74.9 Å². The Morgan fingerprint density at radius 2 is 1.15 bits per heavy atom. The lowest BCUT2D eigenvalue weighted by Gasteiger charge is -2.24. The van der Waals surface area contributed by atoms with Crippen LogP contribution >= 0.6 is 7.82 Å². The number of hydrogen-bond acceptors (Lipinski definition) is 7. The van der Waals surface area contributed by atoms with E-state index in [1.807, 2.05) is 33.3 Å². The van der Waals surface area contributed by atoms with E-state index in [2.05, 4.69) is 68.5 Å². The number of phosphoric ester groups is 1. The molecule has 2 atom stereocenters. The van der Waals surface area contributed by atoms with E-state index in [1.54, 1.807) is 6.08 Å². The maximum atomic E-state index is 12.6. The van der Waals surface area contributed by atoms with Crippen LogP contribution in [0.3, 0.4) is 0 Å². The second kappa shape index (κ2) is 34.2. The highest BCUT2D eigenvalue weighted by Gasteiger charge is 2.26. The summed E-state index contributed by atoms with van der Waals surface area (Å²) in [5.41, 5.74) is 0. The van der Waals surface area contributed by atoms with Gasteiger partial charge in [-0.1, -0.05) is 125 Å². The van der Waals surface area contributed by atoms with Crippen LogP contribution in [0.1, 0.15) is 129 Å². The largest absolute Gasteiger partial charge is 0.472 e. The third-order valence-corrected chi connectivity index (χ3v) is 8.74. The van der Waals surface area contributed by atoms with E-state index >= 15 is 0 Å². The van der Waals surface area contributed by atoms with Crippen LogP contribution in [0.25, 0.3) is 0 Å². The topological polar surface area (TPSA) is 108 Å². The van der Waals surface area contributed by atoms with Crippen molar-refractivity contribution in [2.24, 2.45) is 0 Å². The molecule has 52 heavy (non-hydrogen) atoms. The summed E-state index contributed by atoms with van der Waals surface area (Å²) in [6.07, 6.45) is 41.2. The van der Waals surface area contributed by atoms with Crippen LogP contribution in [0.4, 0.5) is 0 Å². The number of quaternary nitrogens is 1. The third-order valence-electron chi connectivity index (χ3n) is 7.75. The van der Waals surface area contributed by atoms with Gasteiger partial charge >= 0.3 is 19.8 Å². The second-order valence-corrected chi connectivity index (χ2v) is 15.4. The first-order chi connectivity index (χ1) is 25.0. The van der Waals surface area contributed by atoms with Crippen molar-refractivity contribution in [1.82, 2.24) is 0 Å². The summed E-state index contributed by atoms with van der Waals surface area (Å²) < 4.78 is 34.0. The van der Waals surface area contributed by atoms with Crippen molar-refractivity contribution >= 4 is 19.8 Å². The first-order valence-corrected chi connectivity index (χ1v) is 21.2. The molecule has 10 heteroatoms. The highest BCUT2D eigenvalue weighted by Crippen LogP contribution is 2.43. The van der Waals surface area contributed by atoms with Gasteiger partial charge in [-0.15, -0.1) is 0 Å². The van der Waals surface area contributed by atoms with Gasteiger partial charge in [0, 0.05) is 6.42 Å². The van der Waals surface area contributed by atoms with Crippen molar-refractivity contribution < 1.29 is 42.1 Å². The van der Waals surface area contributed by atoms with E-state index in [4.69, 9.17) is 18.5 Å². The molecule has 0 aliphatic heterocycles. The van der Waals surface area contributed by atoms with Gasteiger partial charge in [-0.05, 0) is 64.2 Å². The Labute approximate surface area is 317 Å². The molecule has 0 radical (unpaired) electrons. The van der Waals surface area contributed by atoms with Crippen LogP contribution in [0, 0.1) is 0 Å². The summed E-state index contributed by atoms with van der Waals surface area (Å²) in [4.78, 5) is 35.1. The van der Waals surface area contributed by atoms with E-state index < -0.39 is 32.5 Å². The Hall–Kier alpha value is -2.55. The fourth-order valence-corrected chi connectivity index (χ4v) is 5.41. The van der Waals surface area contributed by atoms with Gasteiger partial charge < -0.3 is 18.9 Å². The Morgan fingerprint density at radius 3 is 1.71 bits per heavy atom. The maximum absolute atomic E-state index is 12.6. The number of ether oxygens (including phenoxy) is 2. The quantitative estimate of drug-likeness (QED) is 0.0228. The number of phosphoric acid groups is 1. The van der Waals surface area contributed by atoms with Gasteiger partial charge in [0.2, 0.25) is 0 Å². The molecule has 1 N–H and O–H groups in total. The minimum Gasteiger partial charge on any atom is -0.462 e. The molecule has 2 unspecified atom stereocenters. The number of allylic oxidation sites excluding steroid dienone is 11. The number of esters is 2. The Kier molecular flexibility index (Phi) is 32.6. The van der Waals surface area contributed by atoms with Crippen molar-refractivity contribution in [3.05, 3.63) is 72.9 Å². The van der Waals surface area contributed by atoms with Crippen LogP contribution in [0.15, 0.2) is 72.9 Å². The van der Waals surface area contributed by atoms with Crippen molar-refractivity contribution in [3.8, 4) is 0 Å². The minimum atomic E-state index is -4.40. The standard InChI is InChI=1S/C42H72NO8P/c1-6-8-10-12-14-16-18-20-21-23-25-27-29-31-33-35-42(45)51-40(39-50-52(46,47)49-37-36-43(3,4)5)38-48-41(44)34-32-30-28-26-24-22-19-17-15-13-11-9-7-2/h8,10,14,16-17,19-21,25,27,31,33,40H,6-7,9,11-13,15,18,22-24,26,28-30,32,34-39H2,1-5H3/p+1/b10-8-,16-14-,19-17-,21-20-,27-25-,33-31-. The molecule has 0 aromatic heterocycles. The van der Waals surface area contributed by atoms with Crippen LogP contribution < -0.4 is 0 Å². The number of rotatable bonds is 34. The van der Waals surface area contributed by atoms with E-state index in [0.717, 1.165) is 57.8 Å². The van der Waals surface area contributed by atoms with Crippen LogP contribution in [-0.2, 0) is 32.7 Å². The number of nitrogens with zero attached hydrogens (tertiary/aromatic N) is 1. The van der Waals surface area contributed by atoms with Gasteiger partial charge in [-0.2, -0.15) is 0 Å². The number of likely N-dealkylation sites (N-methyl/N-ethyl adjacent to an activating group) is 1. The molecule has 9 nitrogen and oxygen atoms in total. The SMILES string of the molecule is CC/C=C\C/C=C\C/C=C\C/C=C\C/C=C\CC(=O)OC(COC(=O)CCCCCCC/C=C\CCCCCC)COP(=O)(O)OCC[N+](C)(C)C. The van der Waals surface area contributed by atoms with E-state index in [9.17, 15) is 19.0 Å². The zero-order valence-electron chi connectivity index (χ0n) is 33.3.